The number of nitrogens with zero attached hydrogens (tertiary/aromatic N) is 2. The highest BCUT2D eigenvalue weighted by atomic mass is 15.1. The lowest BCUT2D eigenvalue weighted by Crippen LogP contribution is -2.07. The summed E-state index contributed by atoms with van der Waals surface area (Å²) in [7, 11) is 3.81. The van der Waals surface area contributed by atoms with Gasteiger partial charge in [-0.15, -0.1) is 0 Å². The Kier molecular flexibility index (Phi) is 30.7. The largest absolute Gasteiger partial charge is 0.381 e. The summed E-state index contributed by atoms with van der Waals surface area (Å²) in [5.41, 5.74) is 0. The lowest BCUT2D eigenvalue weighted by atomic mass is 10.6. The van der Waals surface area contributed by atoms with Gasteiger partial charge < -0.3 is 9.89 Å². The van der Waals surface area contributed by atoms with Gasteiger partial charge in [-0.05, 0) is 33.2 Å². The fourth-order valence-electron chi connectivity index (χ4n) is 0.360. The van der Waals surface area contributed by atoms with Gasteiger partial charge in [0, 0.05) is 20.6 Å². The zero-order valence-electron chi connectivity index (χ0n) is 11.0. The monoisotopic (exact) mass is 200 g/mol. The fraction of sp³-hybridized carbons (Fsp3) is 0.750. The van der Waals surface area contributed by atoms with Crippen molar-refractivity contribution in [2.45, 2.75) is 41.0 Å². The Morgan fingerprint density at radius 2 is 1.50 bits per heavy atom. The van der Waals surface area contributed by atoms with Crippen molar-refractivity contribution in [3.05, 3.63) is 12.3 Å². The average Bonchev–Trinajstić information content (AvgIpc) is 2.20. The lowest BCUT2D eigenvalue weighted by Gasteiger charge is -2.07. The summed E-state index contributed by atoms with van der Waals surface area (Å²) in [6, 6.07) is 0. The van der Waals surface area contributed by atoms with E-state index in [0.29, 0.717) is 0 Å². The summed E-state index contributed by atoms with van der Waals surface area (Å²) in [6.45, 7) is 11.4. The van der Waals surface area contributed by atoms with E-state index in [4.69, 9.17) is 0 Å². The van der Waals surface area contributed by atoms with Crippen LogP contribution in [0.4, 0.5) is 0 Å². The topological polar surface area (TPSA) is 15.6 Å². The number of rotatable bonds is 2. The predicted molar refractivity (Wildman–Crippen MR) is 69.2 cm³/mol. The van der Waals surface area contributed by atoms with Crippen LogP contribution >= 0.6 is 0 Å². The molecule has 0 amide bonds. The zero-order valence-corrected chi connectivity index (χ0v) is 11.0. The van der Waals surface area contributed by atoms with E-state index in [2.05, 4.69) is 43.9 Å². The summed E-state index contributed by atoms with van der Waals surface area (Å²) in [5.74, 6) is 0. The fourth-order valence-corrected chi connectivity index (χ4v) is 0.360. The summed E-state index contributed by atoms with van der Waals surface area (Å²) >= 11 is 0. The van der Waals surface area contributed by atoms with Gasteiger partial charge in [0.2, 0.25) is 0 Å². The molecule has 0 bridgehead atoms. The van der Waals surface area contributed by atoms with Crippen LogP contribution < -0.4 is 0 Å². The molecule has 0 atom stereocenters. The smallest absolute Gasteiger partial charge is 0.0273 e. The SMILES string of the molecule is CC=CN(C)CC.CC=NC.CCC. The van der Waals surface area contributed by atoms with Crippen LogP contribution in [0.1, 0.15) is 41.0 Å². The Labute approximate surface area is 90.7 Å². The molecule has 0 N–H and O–H groups in total. The Morgan fingerprint density at radius 1 is 1.14 bits per heavy atom. The third-order valence-corrected chi connectivity index (χ3v) is 1.16. The van der Waals surface area contributed by atoms with E-state index < -0.39 is 0 Å². The molecule has 2 nitrogen and oxygen atoms in total. The molecule has 0 radical (unpaired) electrons. The van der Waals surface area contributed by atoms with Crippen LogP contribution in [0.25, 0.3) is 0 Å². The summed E-state index contributed by atoms with van der Waals surface area (Å²) in [6.07, 6.45) is 7.09. The number of allylic oxidation sites excluding steroid dienone is 1. The molecule has 2 heteroatoms. The van der Waals surface area contributed by atoms with E-state index in [1.165, 1.54) is 6.42 Å². The van der Waals surface area contributed by atoms with Gasteiger partial charge in [0.1, 0.15) is 0 Å². The lowest BCUT2D eigenvalue weighted by molar-refractivity contribution is 0.483. The van der Waals surface area contributed by atoms with Crippen molar-refractivity contribution in [3.63, 3.8) is 0 Å². The van der Waals surface area contributed by atoms with Crippen molar-refractivity contribution >= 4 is 6.21 Å². The van der Waals surface area contributed by atoms with Gasteiger partial charge in [0.25, 0.3) is 0 Å². The molecular formula is C12H28N2. The molecule has 0 aromatic carbocycles. The first kappa shape index (κ1) is 18.9. The Balaban J connectivity index is -0.000000147. The molecule has 0 aliphatic carbocycles. The van der Waals surface area contributed by atoms with Crippen molar-refractivity contribution in [1.82, 2.24) is 4.90 Å². The van der Waals surface area contributed by atoms with E-state index in [1.54, 1.807) is 13.3 Å². The van der Waals surface area contributed by atoms with E-state index in [9.17, 15) is 0 Å². The Bertz CT molecular complexity index is 113. The first-order chi connectivity index (χ1) is 6.64. The van der Waals surface area contributed by atoms with Crippen LogP contribution in [-0.4, -0.2) is 31.8 Å². The van der Waals surface area contributed by atoms with Crippen molar-refractivity contribution in [2.24, 2.45) is 4.99 Å². The molecule has 0 aliphatic heterocycles. The molecule has 86 valence electrons. The second kappa shape index (κ2) is 22.8. The molecule has 0 spiro atoms. The maximum absolute atomic E-state index is 3.61. The Morgan fingerprint density at radius 3 is 1.57 bits per heavy atom. The molecule has 14 heavy (non-hydrogen) atoms. The first-order valence-electron chi connectivity index (χ1n) is 5.34. The highest BCUT2D eigenvalue weighted by Gasteiger charge is 1.76. The predicted octanol–water partition coefficient (Wildman–Crippen LogP) is 3.59. The van der Waals surface area contributed by atoms with Crippen LogP contribution in [0.15, 0.2) is 17.3 Å². The molecule has 0 aromatic rings. The van der Waals surface area contributed by atoms with Gasteiger partial charge in [0.15, 0.2) is 0 Å². The molecular weight excluding hydrogens is 172 g/mol. The number of hydrogen-bond donors (Lipinski definition) is 0. The maximum Gasteiger partial charge on any atom is 0.0273 e. The quantitative estimate of drug-likeness (QED) is 0.622. The minimum atomic E-state index is 1.09. The number of hydrogen-bond acceptors (Lipinski definition) is 2. The molecule has 0 unspecified atom stereocenters. The molecule has 0 rings (SSSR count). The third kappa shape index (κ3) is 43.1. The molecule has 0 saturated heterocycles. The summed E-state index contributed by atoms with van der Waals surface area (Å²) in [5, 5.41) is 0. The molecule has 0 heterocycles. The van der Waals surface area contributed by atoms with Crippen molar-refractivity contribution in [2.75, 3.05) is 20.6 Å². The Hall–Kier alpha value is -0.790. The van der Waals surface area contributed by atoms with E-state index in [-0.39, 0.29) is 0 Å². The van der Waals surface area contributed by atoms with E-state index in [1.807, 2.05) is 19.9 Å². The zero-order chi connectivity index (χ0) is 11.8. The van der Waals surface area contributed by atoms with Gasteiger partial charge >= 0.3 is 0 Å². The van der Waals surface area contributed by atoms with Gasteiger partial charge in [-0.2, -0.15) is 0 Å². The van der Waals surface area contributed by atoms with Crippen LogP contribution in [0.5, 0.6) is 0 Å². The van der Waals surface area contributed by atoms with Crippen molar-refractivity contribution in [1.29, 1.82) is 0 Å². The van der Waals surface area contributed by atoms with Crippen LogP contribution in [0.3, 0.4) is 0 Å². The molecule has 0 aromatic heterocycles. The minimum Gasteiger partial charge on any atom is -0.381 e. The molecule has 0 fully saturated rings. The first-order valence-corrected chi connectivity index (χ1v) is 5.34. The number of aliphatic imine (C=N–C) groups is 1. The summed E-state index contributed by atoms with van der Waals surface area (Å²) in [4.78, 5) is 5.74. The average molecular weight is 200 g/mol. The highest BCUT2D eigenvalue weighted by molar-refractivity contribution is 5.52. The van der Waals surface area contributed by atoms with E-state index >= 15 is 0 Å². The second-order valence-electron chi connectivity index (χ2n) is 2.78. The van der Waals surface area contributed by atoms with Gasteiger partial charge in [0.05, 0.1) is 0 Å². The van der Waals surface area contributed by atoms with Gasteiger partial charge in [-0.25, -0.2) is 0 Å². The standard InChI is InChI=1S/C6H13N.C3H7N.C3H8/c1-4-6-7(3)5-2;1-3-4-2;1-3-2/h4,6H,5H2,1-3H3;3H,1-2H3;3H2,1-2H3. The molecule has 0 aliphatic rings. The maximum atomic E-state index is 3.61. The van der Waals surface area contributed by atoms with Crippen LogP contribution in [0, 0.1) is 0 Å². The van der Waals surface area contributed by atoms with Crippen LogP contribution in [0.2, 0.25) is 0 Å². The third-order valence-electron chi connectivity index (χ3n) is 1.16. The second-order valence-corrected chi connectivity index (χ2v) is 2.78. The summed E-state index contributed by atoms with van der Waals surface area (Å²) < 4.78 is 0. The highest BCUT2D eigenvalue weighted by Crippen LogP contribution is 1.79. The van der Waals surface area contributed by atoms with Gasteiger partial charge in [-0.3, -0.25) is 0 Å². The van der Waals surface area contributed by atoms with Gasteiger partial charge in [-0.1, -0.05) is 26.3 Å². The minimum absolute atomic E-state index is 1.09. The molecule has 0 saturated carbocycles. The van der Waals surface area contributed by atoms with Crippen molar-refractivity contribution < 1.29 is 0 Å². The van der Waals surface area contributed by atoms with Crippen molar-refractivity contribution in [3.8, 4) is 0 Å². The van der Waals surface area contributed by atoms with Crippen LogP contribution in [-0.2, 0) is 0 Å². The van der Waals surface area contributed by atoms with E-state index in [0.717, 1.165) is 6.54 Å². The normalized spacial score (nSPS) is 9.07.